The van der Waals surface area contributed by atoms with Crippen LogP contribution in [0.25, 0.3) is 0 Å². The van der Waals surface area contributed by atoms with E-state index < -0.39 is 147 Å². The normalized spacial score (nSPS) is 42.7. The summed E-state index contributed by atoms with van der Waals surface area (Å²) in [5, 5.41) is 79.4. The number of aliphatic hydroxyl groups excluding tert-OH is 7. The first-order valence-corrected chi connectivity index (χ1v) is 24.7. The Morgan fingerprint density at radius 1 is 0.594 bits per heavy atom. The Labute approximate surface area is 404 Å². The van der Waals surface area contributed by atoms with Gasteiger partial charge in [-0.3, -0.25) is 4.79 Å². The first kappa shape index (κ1) is 57.2. The molecule has 21 atom stereocenters. The Morgan fingerprint density at radius 2 is 1.17 bits per heavy atom. The first-order valence-electron chi connectivity index (χ1n) is 24.7. The summed E-state index contributed by atoms with van der Waals surface area (Å²) in [5.74, 6) is -2.39. The SMILES string of the molecule is C/C=C(\C)C(=O)O[C@@H]1[C@H](O)[C@@H](O)[C@H](O[C@@H]2[C@@H](O)[C@@H](OC(=O)/C(C)=C/C)[C@H](O[C@H]3[C@@H]4O[C@H]5[C@H](O[C@@H](CCC)CCCCCCCCCC(=O)O[C@H]3[C@H](O)[C@@H](CO)O4)O[C@H](C)[C@@H](O)[C@@H]5O)O[C@H]2C)O[C@@H]1C. The van der Waals surface area contributed by atoms with Crippen molar-refractivity contribution in [2.75, 3.05) is 6.61 Å². The predicted octanol–water partition coefficient (Wildman–Crippen LogP) is 1.64. The molecule has 5 heterocycles. The molecule has 0 amide bonds. The van der Waals surface area contributed by atoms with E-state index >= 15 is 0 Å². The molecular formula is C48H78O21. The van der Waals surface area contributed by atoms with E-state index in [1.54, 1.807) is 20.8 Å². The number of esters is 3. The number of carbonyl (C=O) groups excluding carboxylic acids is 3. The molecule has 0 saturated carbocycles. The number of allylic oxidation sites excluding steroid dienone is 2. The molecule has 0 unspecified atom stereocenters. The van der Waals surface area contributed by atoms with Gasteiger partial charge in [0, 0.05) is 17.6 Å². The van der Waals surface area contributed by atoms with Crippen molar-refractivity contribution in [3.05, 3.63) is 23.3 Å². The van der Waals surface area contributed by atoms with Crippen LogP contribution in [0, 0.1) is 0 Å². The highest BCUT2D eigenvalue weighted by atomic mass is 16.8. The molecule has 2 bridgehead atoms. The molecule has 0 aromatic rings. The molecule has 5 rings (SSSR count). The Morgan fingerprint density at radius 3 is 1.80 bits per heavy atom. The standard InChI is InChI=1S/C48H78O21/c1-9-19-28-20-17-15-13-12-14-16-18-21-30(50)64-39-32(52)29(22-49)63-48(68-40-33(53)31(51)25(6)59-46(40)62-28)42(39)69-47-41(66-44(58)24(5)11-3)36(56)38(27(8)61-47)67-45-35(55)34(54)37(26(7)60-45)65-43(57)23(4)10-2/h10-11,25-29,31-42,45-49,51-56H,9,12-22H2,1-8H3/b23-10+,24-11+/t25-,26-,27+,28+,29-,31-,32-,33+,34-,35-,36-,37+,38+,39+,40-,41-,42-,45+,46+,47+,48+/m1/s1. The maximum atomic E-state index is 13.6. The van der Waals surface area contributed by atoms with Crippen molar-refractivity contribution in [3.63, 3.8) is 0 Å². The fourth-order valence-electron chi connectivity index (χ4n) is 9.05. The molecule has 396 valence electrons. The molecule has 69 heavy (non-hydrogen) atoms. The Balaban J connectivity index is 1.51. The van der Waals surface area contributed by atoms with Gasteiger partial charge in [-0.05, 0) is 67.7 Å². The minimum Gasteiger partial charge on any atom is -0.456 e. The molecule has 7 N–H and O–H groups in total. The summed E-state index contributed by atoms with van der Waals surface area (Å²) in [6, 6.07) is 0. The van der Waals surface area contributed by atoms with Crippen molar-refractivity contribution < 1.29 is 102 Å². The smallest absolute Gasteiger partial charge is 0.333 e. The van der Waals surface area contributed by atoms with E-state index in [1.807, 2.05) is 6.92 Å². The van der Waals surface area contributed by atoms with Gasteiger partial charge in [0.2, 0.25) is 0 Å². The maximum Gasteiger partial charge on any atom is 0.333 e. The van der Waals surface area contributed by atoms with E-state index in [9.17, 15) is 50.1 Å². The molecule has 5 aliphatic rings. The average molecular weight is 991 g/mol. The van der Waals surface area contributed by atoms with Crippen LogP contribution < -0.4 is 0 Å². The highest BCUT2D eigenvalue weighted by Crippen LogP contribution is 2.38. The lowest BCUT2D eigenvalue weighted by Gasteiger charge is -2.50. The maximum absolute atomic E-state index is 13.6. The summed E-state index contributed by atoms with van der Waals surface area (Å²) in [5.41, 5.74) is 0.374. The van der Waals surface area contributed by atoms with Crippen LogP contribution in [-0.4, -0.2) is 189 Å². The van der Waals surface area contributed by atoms with Crippen molar-refractivity contribution in [1.82, 2.24) is 0 Å². The van der Waals surface area contributed by atoms with Crippen molar-refractivity contribution in [1.29, 1.82) is 0 Å². The fraction of sp³-hybridized carbons (Fsp3) is 0.854. The van der Waals surface area contributed by atoms with Crippen LogP contribution in [0.1, 0.15) is 126 Å². The highest BCUT2D eigenvalue weighted by molar-refractivity contribution is 5.88. The van der Waals surface area contributed by atoms with E-state index in [4.69, 9.17) is 52.1 Å². The van der Waals surface area contributed by atoms with Crippen LogP contribution in [0.3, 0.4) is 0 Å². The van der Waals surface area contributed by atoms with Crippen molar-refractivity contribution in [3.8, 4) is 0 Å². The van der Waals surface area contributed by atoms with E-state index in [0.717, 1.165) is 44.9 Å². The van der Waals surface area contributed by atoms with Crippen LogP contribution in [0.15, 0.2) is 23.3 Å². The van der Waals surface area contributed by atoms with Crippen molar-refractivity contribution in [2.45, 2.75) is 255 Å². The Kier molecular flexibility index (Phi) is 22.2. The van der Waals surface area contributed by atoms with Gasteiger partial charge < -0.3 is 87.9 Å². The van der Waals surface area contributed by atoms with Gasteiger partial charge in [0.25, 0.3) is 0 Å². The molecule has 0 aromatic carbocycles. The number of hydrogen-bond donors (Lipinski definition) is 7. The topological polar surface area (TPSA) is 294 Å². The van der Waals surface area contributed by atoms with E-state index in [-0.39, 0.29) is 23.7 Å². The second-order valence-electron chi connectivity index (χ2n) is 18.8. The summed E-state index contributed by atoms with van der Waals surface area (Å²) in [6.07, 6.45) is -20.4. The summed E-state index contributed by atoms with van der Waals surface area (Å²) in [4.78, 5) is 39.7. The predicted molar refractivity (Wildman–Crippen MR) is 239 cm³/mol. The van der Waals surface area contributed by atoms with Crippen molar-refractivity contribution in [2.24, 2.45) is 0 Å². The second kappa shape index (κ2) is 26.8. The van der Waals surface area contributed by atoms with Crippen LogP contribution >= 0.6 is 0 Å². The van der Waals surface area contributed by atoms with E-state index in [2.05, 4.69) is 0 Å². The third kappa shape index (κ3) is 14.5. The number of rotatable bonds is 11. The third-order valence-electron chi connectivity index (χ3n) is 13.6. The van der Waals surface area contributed by atoms with Gasteiger partial charge in [0.15, 0.2) is 49.6 Å². The van der Waals surface area contributed by atoms with Crippen LogP contribution in [0.5, 0.6) is 0 Å². The van der Waals surface area contributed by atoms with Gasteiger partial charge in [0.05, 0.1) is 31.0 Å². The molecule has 0 aliphatic carbocycles. The minimum atomic E-state index is -1.86. The van der Waals surface area contributed by atoms with Crippen molar-refractivity contribution >= 4 is 17.9 Å². The van der Waals surface area contributed by atoms with Gasteiger partial charge >= 0.3 is 17.9 Å². The lowest BCUT2D eigenvalue weighted by atomic mass is 9.95. The summed E-state index contributed by atoms with van der Waals surface area (Å²) in [7, 11) is 0. The van der Waals surface area contributed by atoms with Crippen LogP contribution in [0.2, 0.25) is 0 Å². The zero-order valence-electron chi connectivity index (χ0n) is 41.1. The number of carbonyl (C=O) groups is 3. The molecule has 5 aliphatic heterocycles. The molecule has 0 radical (unpaired) electrons. The molecule has 21 nitrogen and oxygen atoms in total. The summed E-state index contributed by atoms with van der Waals surface area (Å²) >= 11 is 0. The molecule has 0 aromatic heterocycles. The zero-order valence-corrected chi connectivity index (χ0v) is 41.1. The van der Waals surface area contributed by atoms with Gasteiger partial charge in [-0.15, -0.1) is 0 Å². The number of ether oxygens (including phenoxy) is 11. The molecule has 0 spiro atoms. The third-order valence-corrected chi connectivity index (χ3v) is 13.6. The van der Waals surface area contributed by atoms with Gasteiger partial charge in [-0.2, -0.15) is 0 Å². The lowest BCUT2D eigenvalue weighted by molar-refractivity contribution is -0.399. The summed E-state index contributed by atoms with van der Waals surface area (Å²) < 4.78 is 67.2. The second-order valence-corrected chi connectivity index (χ2v) is 18.8. The molecular weight excluding hydrogens is 913 g/mol. The molecule has 5 fully saturated rings. The Hall–Kier alpha value is -2.71. The summed E-state index contributed by atoms with van der Waals surface area (Å²) in [6.45, 7) is 11.9. The number of fused-ring (bicyclic) bond motifs is 3. The first-order chi connectivity index (χ1) is 32.8. The quantitative estimate of drug-likeness (QED) is 0.0880. The molecule has 21 heteroatoms. The zero-order chi connectivity index (χ0) is 50.7. The Bertz CT molecular complexity index is 1690. The van der Waals surface area contributed by atoms with Crippen LogP contribution in [-0.2, 0) is 66.5 Å². The lowest BCUT2D eigenvalue weighted by Crippen LogP contribution is -2.68. The van der Waals surface area contributed by atoms with E-state index in [1.165, 1.54) is 39.8 Å². The largest absolute Gasteiger partial charge is 0.456 e. The number of hydrogen-bond acceptors (Lipinski definition) is 21. The van der Waals surface area contributed by atoms with Crippen LogP contribution in [0.4, 0.5) is 0 Å². The number of aliphatic hydroxyl groups is 7. The van der Waals surface area contributed by atoms with Gasteiger partial charge in [0.1, 0.15) is 54.9 Å². The van der Waals surface area contributed by atoms with Gasteiger partial charge in [-0.1, -0.05) is 64.0 Å². The van der Waals surface area contributed by atoms with Gasteiger partial charge in [-0.25, -0.2) is 9.59 Å². The van der Waals surface area contributed by atoms with E-state index in [0.29, 0.717) is 19.3 Å². The highest BCUT2D eigenvalue weighted by Gasteiger charge is 2.57. The molecule has 5 saturated heterocycles. The minimum absolute atomic E-state index is 0.0431. The fourth-order valence-corrected chi connectivity index (χ4v) is 9.05. The monoisotopic (exact) mass is 991 g/mol. The average Bonchev–Trinajstić information content (AvgIpc) is 3.32.